The monoisotopic (exact) mass is 574 g/mol. The molecule has 3 aromatic carbocycles. The number of anilines is 2. The molecule has 0 saturated heterocycles. The minimum Gasteiger partial charge on any atom is -0.748 e. The Labute approximate surface area is 233 Å². The van der Waals surface area contributed by atoms with Gasteiger partial charge in [0.05, 0.1) is 21.0 Å². The topological polar surface area (TPSA) is 72.9 Å². The van der Waals surface area contributed by atoms with Gasteiger partial charge in [-0.15, -0.1) is 0 Å². The van der Waals surface area contributed by atoms with Gasteiger partial charge in [0.25, 0.3) is 0 Å². The molecule has 0 fully saturated rings. The first-order chi connectivity index (χ1) is 17.8. The minimum atomic E-state index is -3.92. The molecule has 0 atom stereocenters. The Bertz CT molecular complexity index is 1160. The van der Waals surface area contributed by atoms with Gasteiger partial charge < -0.3 is 18.8 Å². The van der Waals surface area contributed by atoms with Crippen molar-refractivity contribution in [3.05, 3.63) is 72.8 Å². The molecule has 0 N–H and O–H groups in total. The average molecular weight is 575 g/mol. The van der Waals surface area contributed by atoms with Crippen LogP contribution in [0.3, 0.4) is 0 Å². The molecule has 3 rings (SSSR count). The summed E-state index contributed by atoms with van der Waals surface area (Å²) in [7, 11) is 2.57. The van der Waals surface area contributed by atoms with Crippen LogP contribution in [0, 0.1) is 0 Å². The van der Waals surface area contributed by atoms with E-state index in [2.05, 4.69) is 132 Å². The summed E-state index contributed by atoms with van der Waals surface area (Å²) in [5, 5.41) is 0. The van der Waals surface area contributed by atoms with Gasteiger partial charge in [-0.25, -0.2) is 8.42 Å². The lowest BCUT2D eigenvalue weighted by atomic mass is 10.3. The normalized spacial score (nSPS) is 11.5. The quantitative estimate of drug-likeness (QED) is 0.157. The van der Waals surface area contributed by atoms with Crippen LogP contribution in [-0.4, -0.2) is 55.7 Å². The molecule has 0 radical (unpaired) electrons. The van der Waals surface area contributed by atoms with Crippen molar-refractivity contribution in [1.29, 1.82) is 0 Å². The van der Waals surface area contributed by atoms with E-state index in [0.717, 1.165) is 23.9 Å². The lowest BCUT2D eigenvalue weighted by molar-refractivity contribution is 0.470. The molecule has 0 amide bonds. The number of hydrogen-bond acceptors (Lipinski definition) is 6. The van der Waals surface area contributed by atoms with Gasteiger partial charge in [0.1, 0.15) is 5.75 Å². The van der Waals surface area contributed by atoms with Gasteiger partial charge >= 0.3 is 0 Å². The maximum absolute atomic E-state index is 9.08. The highest BCUT2D eigenvalue weighted by Gasteiger charge is 2.32. The highest BCUT2D eigenvalue weighted by Crippen LogP contribution is 2.35. The molecule has 0 heterocycles. The predicted octanol–water partition coefficient (Wildman–Crippen LogP) is 6.46. The van der Waals surface area contributed by atoms with Crippen molar-refractivity contribution in [3.63, 3.8) is 0 Å². The summed E-state index contributed by atoms with van der Waals surface area (Å²) in [6.07, 6.45) is 0.604. The Morgan fingerprint density at radius 3 is 1.24 bits per heavy atom. The second-order valence-corrected chi connectivity index (χ2v) is 17.7. The standard InChI is InChI=1S/C28H39N2OSSi.CH4O3S/c1-8-33(9-2,10-3)31-25-15-21-28(22-16-25)32(26-17-11-23(12-18-26)29(4)5)27-19-13-24(14-20-27)30(6)7;1-5(2,3)4/h11-22H,8-10H2,1-7H3;1H3,(H,2,3,4)/q+1;/p-1. The van der Waals surface area contributed by atoms with Crippen molar-refractivity contribution in [2.75, 3.05) is 44.2 Å². The van der Waals surface area contributed by atoms with Gasteiger partial charge in [0.15, 0.2) is 14.7 Å². The smallest absolute Gasteiger partial charge is 0.250 e. The molecule has 3 aromatic rings. The van der Waals surface area contributed by atoms with Crippen LogP contribution < -0.4 is 14.2 Å². The van der Waals surface area contributed by atoms with Crippen LogP contribution in [0.5, 0.6) is 5.75 Å². The van der Waals surface area contributed by atoms with Crippen LogP contribution in [0.25, 0.3) is 0 Å². The fraction of sp³-hybridized carbons (Fsp3) is 0.379. The Morgan fingerprint density at radius 1 is 0.684 bits per heavy atom. The lowest BCUT2D eigenvalue weighted by Crippen LogP contribution is -2.39. The zero-order chi connectivity index (χ0) is 28.5. The molecule has 0 aliphatic carbocycles. The fourth-order valence-corrected chi connectivity index (χ4v) is 8.64. The van der Waals surface area contributed by atoms with Crippen molar-refractivity contribution in [2.24, 2.45) is 0 Å². The molecule has 208 valence electrons. The first kappa shape index (κ1) is 31.8. The van der Waals surface area contributed by atoms with Crippen molar-refractivity contribution in [2.45, 2.75) is 53.6 Å². The largest absolute Gasteiger partial charge is 0.748 e. The molecule has 0 bridgehead atoms. The van der Waals surface area contributed by atoms with Crippen LogP contribution in [0.4, 0.5) is 11.4 Å². The molecule has 0 unspecified atom stereocenters. The van der Waals surface area contributed by atoms with Crippen LogP contribution in [-0.2, 0) is 21.0 Å². The van der Waals surface area contributed by atoms with Crippen molar-refractivity contribution in [3.8, 4) is 5.75 Å². The Morgan fingerprint density at radius 2 is 0.974 bits per heavy atom. The van der Waals surface area contributed by atoms with Crippen molar-refractivity contribution >= 4 is 40.7 Å². The molecule has 9 heteroatoms. The molecule has 38 heavy (non-hydrogen) atoms. The highest BCUT2D eigenvalue weighted by molar-refractivity contribution is 7.97. The van der Waals surface area contributed by atoms with Crippen molar-refractivity contribution in [1.82, 2.24) is 0 Å². The molecule has 0 aromatic heterocycles. The van der Waals surface area contributed by atoms with Gasteiger partial charge in [-0.05, 0) is 90.9 Å². The van der Waals surface area contributed by atoms with Gasteiger partial charge in [0, 0.05) is 45.8 Å². The third-order valence-corrected chi connectivity index (χ3v) is 13.3. The van der Waals surface area contributed by atoms with Crippen LogP contribution in [0.1, 0.15) is 20.8 Å². The summed E-state index contributed by atoms with van der Waals surface area (Å²) < 4.78 is 33.8. The van der Waals surface area contributed by atoms with E-state index in [9.17, 15) is 0 Å². The molecular weight excluding hydrogens is 533 g/mol. The summed E-state index contributed by atoms with van der Waals surface area (Å²) in [6, 6.07) is 30.3. The minimum absolute atomic E-state index is 0.176. The molecule has 0 saturated carbocycles. The number of hydrogen-bond donors (Lipinski definition) is 0. The molecular formula is C29H42N2O4S2Si. The van der Waals surface area contributed by atoms with Crippen LogP contribution >= 0.6 is 0 Å². The van der Waals surface area contributed by atoms with Gasteiger partial charge in [0.2, 0.25) is 8.32 Å². The number of rotatable bonds is 10. The summed E-state index contributed by atoms with van der Waals surface area (Å²) in [5.74, 6) is 1.02. The molecule has 0 aliphatic heterocycles. The third kappa shape index (κ3) is 9.38. The van der Waals surface area contributed by atoms with E-state index < -0.39 is 18.4 Å². The summed E-state index contributed by atoms with van der Waals surface area (Å²) in [5.41, 5.74) is 2.43. The van der Waals surface area contributed by atoms with E-state index in [4.69, 9.17) is 17.4 Å². The van der Waals surface area contributed by atoms with Crippen LogP contribution in [0.15, 0.2) is 87.5 Å². The lowest BCUT2D eigenvalue weighted by Gasteiger charge is -2.28. The fourth-order valence-electron chi connectivity index (χ4n) is 4.03. The Hall–Kier alpha value is -2.46. The summed E-state index contributed by atoms with van der Waals surface area (Å²) in [6.45, 7) is 6.83. The first-order valence-corrected chi connectivity index (χ1v) is 18.4. The maximum atomic E-state index is 9.08. The summed E-state index contributed by atoms with van der Waals surface area (Å²) >= 11 is 0. The zero-order valence-electron chi connectivity index (χ0n) is 23.9. The van der Waals surface area contributed by atoms with E-state index in [0.29, 0.717) is 6.26 Å². The number of nitrogens with zero attached hydrogens (tertiary/aromatic N) is 2. The molecule has 0 aliphatic rings. The predicted molar refractivity (Wildman–Crippen MR) is 164 cm³/mol. The van der Waals surface area contributed by atoms with E-state index in [1.54, 1.807) is 0 Å². The maximum Gasteiger partial charge on any atom is 0.250 e. The van der Waals surface area contributed by atoms with E-state index in [-0.39, 0.29) is 10.9 Å². The van der Waals surface area contributed by atoms with E-state index in [1.807, 2.05) is 0 Å². The molecule has 6 nitrogen and oxygen atoms in total. The van der Waals surface area contributed by atoms with Gasteiger partial charge in [-0.1, -0.05) is 20.8 Å². The van der Waals surface area contributed by atoms with Gasteiger partial charge in [-0.2, -0.15) is 0 Å². The van der Waals surface area contributed by atoms with E-state index >= 15 is 0 Å². The van der Waals surface area contributed by atoms with Crippen LogP contribution in [0.2, 0.25) is 18.1 Å². The average Bonchev–Trinajstić information content (AvgIpc) is 2.88. The second-order valence-electron chi connectivity index (χ2n) is 9.60. The number of benzene rings is 3. The zero-order valence-corrected chi connectivity index (χ0v) is 26.5. The van der Waals surface area contributed by atoms with Crippen molar-refractivity contribution < 1.29 is 17.4 Å². The Balaban J connectivity index is 0.000000926. The SMILES string of the molecule is CC[Si](CC)(CC)Oc1ccc([S+](c2ccc(N(C)C)cc2)c2ccc(N(C)C)cc2)cc1.CS(=O)(=O)[O-]. The first-order valence-electron chi connectivity index (χ1n) is 12.8. The Kier molecular flexibility index (Phi) is 11.8. The summed E-state index contributed by atoms with van der Waals surface area (Å²) in [4.78, 5) is 8.25. The van der Waals surface area contributed by atoms with E-state index in [1.165, 1.54) is 26.1 Å². The second kappa shape index (κ2) is 14.1. The third-order valence-electron chi connectivity index (χ3n) is 6.50. The molecule has 0 spiro atoms. The highest BCUT2D eigenvalue weighted by atomic mass is 32.2. The van der Waals surface area contributed by atoms with Gasteiger partial charge in [-0.3, -0.25) is 0 Å².